The third kappa shape index (κ3) is 3.46. The van der Waals surface area contributed by atoms with Crippen LogP contribution in [0.25, 0.3) is 0 Å². The van der Waals surface area contributed by atoms with Gasteiger partial charge in [0, 0.05) is 18.0 Å². The zero-order valence-electron chi connectivity index (χ0n) is 12.7. The van der Waals surface area contributed by atoms with Gasteiger partial charge in [0.25, 0.3) is 5.91 Å². The van der Waals surface area contributed by atoms with E-state index in [4.69, 9.17) is 0 Å². The lowest BCUT2D eigenvalue weighted by Gasteiger charge is -2.31. The average Bonchev–Trinajstić information content (AvgIpc) is 2.87. The van der Waals surface area contributed by atoms with Gasteiger partial charge in [-0.2, -0.15) is 0 Å². The van der Waals surface area contributed by atoms with Crippen molar-refractivity contribution in [3.05, 3.63) is 21.4 Å². The third-order valence-electron chi connectivity index (χ3n) is 4.01. The number of sulfonamides is 1. The van der Waals surface area contributed by atoms with E-state index in [0.29, 0.717) is 25.9 Å². The number of amides is 1. The molecule has 1 aliphatic heterocycles. The van der Waals surface area contributed by atoms with Crippen molar-refractivity contribution in [1.82, 2.24) is 9.62 Å². The molecule has 0 saturated carbocycles. The van der Waals surface area contributed by atoms with Crippen LogP contribution >= 0.6 is 11.3 Å². The van der Waals surface area contributed by atoms with Crippen LogP contribution in [0.4, 0.5) is 0 Å². The lowest BCUT2D eigenvalue weighted by atomic mass is 10.1. The Labute approximate surface area is 130 Å². The predicted molar refractivity (Wildman–Crippen MR) is 85.3 cm³/mol. The number of hydrogen-bond donors (Lipinski definition) is 1. The summed E-state index contributed by atoms with van der Waals surface area (Å²) in [5, 5.41) is -0.386. The van der Waals surface area contributed by atoms with Gasteiger partial charge in [0.15, 0.2) is 0 Å². The molecule has 1 N–H and O–H groups in total. The largest absolute Gasteiger partial charge is 0.338 e. The Morgan fingerprint density at radius 3 is 2.52 bits per heavy atom. The van der Waals surface area contributed by atoms with Crippen molar-refractivity contribution in [2.75, 3.05) is 20.1 Å². The van der Waals surface area contributed by atoms with Crippen LogP contribution in [0.5, 0.6) is 0 Å². The summed E-state index contributed by atoms with van der Waals surface area (Å²) in [6.07, 6.45) is 1.94. The van der Waals surface area contributed by atoms with E-state index in [1.165, 1.54) is 17.5 Å². The maximum absolute atomic E-state index is 12.5. The van der Waals surface area contributed by atoms with Crippen molar-refractivity contribution in [3.63, 3.8) is 0 Å². The van der Waals surface area contributed by atoms with Crippen LogP contribution < -0.4 is 4.72 Å². The van der Waals surface area contributed by atoms with Crippen molar-refractivity contribution >= 4 is 27.3 Å². The summed E-state index contributed by atoms with van der Waals surface area (Å²) in [5.41, 5.74) is 1.17. The second kappa shape index (κ2) is 6.46. The third-order valence-corrected chi connectivity index (χ3v) is 7.29. The molecule has 0 radical (unpaired) electrons. The van der Waals surface area contributed by atoms with Gasteiger partial charge >= 0.3 is 0 Å². The summed E-state index contributed by atoms with van der Waals surface area (Å²) in [6.45, 7) is 5.12. The van der Waals surface area contributed by atoms with E-state index >= 15 is 0 Å². The van der Waals surface area contributed by atoms with Gasteiger partial charge in [-0.1, -0.05) is 6.92 Å². The normalized spacial score (nSPS) is 17.2. The molecule has 7 heteroatoms. The molecule has 1 aliphatic rings. The maximum atomic E-state index is 12.5. The highest BCUT2D eigenvalue weighted by Gasteiger charge is 2.31. The summed E-state index contributed by atoms with van der Waals surface area (Å²) < 4.78 is 25.9. The number of likely N-dealkylation sites (tertiary alicyclic amines) is 1. The summed E-state index contributed by atoms with van der Waals surface area (Å²) >= 11 is 1.55. The van der Waals surface area contributed by atoms with Crippen molar-refractivity contribution in [1.29, 1.82) is 0 Å². The van der Waals surface area contributed by atoms with Gasteiger partial charge in [0.1, 0.15) is 0 Å². The molecule has 21 heavy (non-hydrogen) atoms. The van der Waals surface area contributed by atoms with Crippen LogP contribution in [-0.2, 0) is 16.4 Å². The molecular formula is C14H22N2O3S2. The highest BCUT2D eigenvalue weighted by Crippen LogP contribution is 2.25. The second-order valence-corrected chi connectivity index (χ2v) is 8.61. The van der Waals surface area contributed by atoms with Gasteiger partial charge in [-0.25, -0.2) is 13.1 Å². The number of nitrogens with one attached hydrogen (secondary N) is 1. The number of carbonyl (C=O) groups excluding carboxylic acids is 1. The predicted octanol–water partition coefficient (Wildman–Crippen LogP) is 1.77. The Kier molecular flexibility index (Phi) is 5.06. The summed E-state index contributed by atoms with van der Waals surface area (Å²) in [4.78, 5) is 16.3. The van der Waals surface area contributed by atoms with Crippen LogP contribution in [0.2, 0.25) is 0 Å². The van der Waals surface area contributed by atoms with E-state index in [2.05, 4.69) is 11.6 Å². The topological polar surface area (TPSA) is 66.5 Å². The minimum Gasteiger partial charge on any atom is -0.338 e. The SMILES string of the molecule is CCc1sc(C(=O)N2CCC(S(=O)(=O)NC)CC2)cc1C. The Balaban J connectivity index is 2.03. The quantitative estimate of drug-likeness (QED) is 0.915. The molecule has 0 bridgehead atoms. The van der Waals surface area contributed by atoms with Crippen molar-refractivity contribution in [2.45, 2.75) is 38.4 Å². The number of nitrogens with zero attached hydrogens (tertiary/aromatic N) is 1. The standard InChI is InChI=1S/C14H22N2O3S2/c1-4-12-10(2)9-13(20-12)14(17)16-7-5-11(6-8-16)21(18,19)15-3/h9,11,15H,4-8H2,1-3H3. The zero-order chi connectivity index (χ0) is 15.6. The molecular weight excluding hydrogens is 308 g/mol. The van der Waals surface area contributed by atoms with Crippen LogP contribution in [0.15, 0.2) is 6.07 Å². The van der Waals surface area contributed by atoms with Crippen molar-refractivity contribution in [2.24, 2.45) is 0 Å². The van der Waals surface area contributed by atoms with E-state index in [-0.39, 0.29) is 11.2 Å². The van der Waals surface area contributed by atoms with Crippen LogP contribution in [-0.4, -0.2) is 44.6 Å². The molecule has 118 valence electrons. The molecule has 0 unspecified atom stereocenters. The molecule has 0 aliphatic carbocycles. The van der Waals surface area contributed by atoms with Crippen LogP contribution in [0, 0.1) is 6.92 Å². The van der Waals surface area contributed by atoms with Crippen molar-refractivity contribution < 1.29 is 13.2 Å². The summed E-state index contributed by atoms with van der Waals surface area (Å²) in [7, 11) is -1.79. The van der Waals surface area contributed by atoms with Crippen LogP contribution in [0.3, 0.4) is 0 Å². The highest BCUT2D eigenvalue weighted by molar-refractivity contribution is 7.90. The van der Waals surface area contributed by atoms with Gasteiger partial charge in [-0.15, -0.1) is 11.3 Å². The first kappa shape index (κ1) is 16.5. The number of rotatable bonds is 4. The lowest BCUT2D eigenvalue weighted by Crippen LogP contribution is -2.44. The summed E-state index contributed by atoms with van der Waals surface area (Å²) in [5.74, 6) is 0.0307. The van der Waals surface area contributed by atoms with E-state index in [0.717, 1.165) is 11.3 Å². The van der Waals surface area contributed by atoms with Gasteiger partial charge in [-0.05, 0) is 44.9 Å². The van der Waals surface area contributed by atoms with Gasteiger partial charge < -0.3 is 4.90 Å². The molecule has 5 nitrogen and oxygen atoms in total. The Morgan fingerprint density at radius 2 is 2.05 bits per heavy atom. The fraction of sp³-hybridized carbons (Fsp3) is 0.643. The molecule has 0 aromatic carbocycles. The molecule has 0 spiro atoms. The van der Waals surface area contributed by atoms with Gasteiger partial charge in [-0.3, -0.25) is 4.79 Å². The number of hydrogen-bond acceptors (Lipinski definition) is 4. The first-order valence-corrected chi connectivity index (χ1v) is 9.56. The van der Waals surface area contributed by atoms with Gasteiger partial charge in [0.05, 0.1) is 10.1 Å². The summed E-state index contributed by atoms with van der Waals surface area (Å²) in [6, 6.07) is 1.95. The fourth-order valence-corrected chi connectivity index (χ4v) is 4.91. The van der Waals surface area contributed by atoms with E-state index < -0.39 is 10.0 Å². The Morgan fingerprint density at radius 1 is 1.43 bits per heavy atom. The first-order valence-electron chi connectivity index (χ1n) is 7.20. The van der Waals surface area contributed by atoms with E-state index in [1.54, 1.807) is 16.2 Å². The van der Waals surface area contributed by atoms with Gasteiger partial charge in [0.2, 0.25) is 10.0 Å². The van der Waals surface area contributed by atoms with Crippen LogP contribution in [0.1, 0.15) is 39.9 Å². The molecule has 1 saturated heterocycles. The first-order chi connectivity index (χ1) is 9.89. The molecule has 2 rings (SSSR count). The second-order valence-electron chi connectivity index (χ2n) is 5.31. The average molecular weight is 330 g/mol. The Bertz CT molecular complexity index is 614. The fourth-order valence-electron chi connectivity index (χ4n) is 2.67. The lowest BCUT2D eigenvalue weighted by molar-refractivity contribution is 0.0730. The van der Waals surface area contributed by atoms with Crippen molar-refractivity contribution in [3.8, 4) is 0 Å². The molecule has 1 aromatic heterocycles. The number of aryl methyl sites for hydroxylation is 2. The number of piperidine rings is 1. The smallest absolute Gasteiger partial charge is 0.263 e. The molecule has 0 atom stereocenters. The van der Waals surface area contributed by atoms with E-state index in [9.17, 15) is 13.2 Å². The van der Waals surface area contributed by atoms with E-state index in [1.807, 2.05) is 13.0 Å². The number of thiophene rings is 1. The molecule has 1 amide bonds. The zero-order valence-corrected chi connectivity index (χ0v) is 14.3. The molecule has 1 fully saturated rings. The Hall–Kier alpha value is -0.920. The monoisotopic (exact) mass is 330 g/mol. The molecule has 2 heterocycles. The maximum Gasteiger partial charge on any atom is 0.263 e. The minimum atomic E-state index is -3.23. The minimum absolute atomic E-state index is 0.0307. The number of carbonyl (C=O) groups is 1. The highest BCUT2D eigenvalue weighted by atomic mass is 32.2. The molecule has 1 aromatic rings.